The van der Waals surface area contributed by atoms with Crippen molar-refractivity contribution in [3.05, 3.63) is 40.3 Å². The number of ether oxygens (including phenoxy) is 1. The molecule has 0 spiro atoms. The van der Waals surface area contributed by atoms with Crippen molar-refractivity contribution in [3.8, 4) is 11.4 Å². The maximum absolute atomic E-state index is 12.6. The molecule has 0 fully saturated rings. The highest BCUT2D eigenvalue weighted by atomic mass is 32.2. The number of aromatic nitrogens is 3. The number of nitrogens with zero attached hydrogens (tertiary/aromatic N) is 4. The van der Waals surface area contributed by atoms with Crippen LogP contribution in [0.4, 0.5) is 10.7 Å². The topological polar surface area (TPSA) is 89.3 Å². The molecule has 0 radical (unpaired) electrons. The van der Waals surface area contributed by atoms with Gasteiger partial charge in [0.05, 0.1) is 18.4 Å². The van der Waals surface area contributed by atoms with Gasteiger partial charge in [0.25, 0.3) is 0 Å². The van der Waals surface area contributed by atoms with Crippen LogP contribution in [0, 0.1) is 13.8 Å². The molecule has 1 N–H and O–H groups in total. The molecule has 3 rings (SSSR count). The van der Waals surface area contributed by atoms with Crippen LogP contribution in [0.5, 0.6) is 0 Å². The average molecular weight is 474 g/mol. The van der Waals surface area contributed by atoms with Gasteiger partial charge in [-0.2, -0.15) is 0 Å². The highest BCUT2D eigenvalue weighted by Gasteiger charge is 2.22. The van der Waals surface area contributed by atoms with Crippen molar-refractivity contribution in [2.75, 3.05) is 37.2 Å². The Balaban J connectivity index is 1.72. The van der Waals surface area contributed by atoms with E-state index in [1.165, 1.54) is 30.2 Å². The van der Waals surface area contributed by atoms with E-state index < -0.39 is 5.97 Å². The number of carbonyl (C=O) groups is 2. The first-order valence-corrected chi connectivity index (χ1v) is 11.9. The Morgan fingerprint density at radius 1 is 1.19 bits per heavy atom. The Hall–Kier alpha value is -2.85. The third-order valence-corrected chi connectivity index (χ3v) is 7.12. The normalized spacial score (nSPS) is 10.8. The van der Waals surface area contributed by atoms with Gasteiger partial charge in [0.15, 0.2) is 11.0 Å². The minimum atomic E-state index is -0.453. The number of esters is 1. The van der Waals surface area contributed by atoms with Crippen molar-refractivity contribution in [3.63, 3.8) is 0 Å². The molecule has 10 heteroatoms. The van der Waals surface area contributed by atoms with Crippen LogP contribution >= 0.6 is 23.1 Å². The quantitative estimate of drug-likeness (QED) is 0.387. The van der Waals surface area contributed by atoms with Gasteiger partial charge < -0.3 is 19.5 Å². The Kier molecular flexibility index (Phi) is 7.57. The lowest BCUT2D eigenvalue weighted by molar-refractivity contribution is -0.113. The Bertz CT molecular complexity index is 1120. The number of thiophene rings is 1. The first-order valence-electron chi connectivity index (χ1n) is 10.1. The van der Waals surface area contributed by atoms with Crippen molar-refractivity contribution >= 4 is 45.7 Å². The average Bonchev–Trinajstić information content (AvgIpc) is 3.31. The summed E-state index contributed by atoms with van der Waals surface area (Å²) in [6, 6.07) is 8.10. The number of rotatable bonds is 8. The number of hydrogen-bond donors (Lipinski definition) is 1. The molecule has 0 unspecified atom stereocenters. The molecule has 0 saturated heterocycles. The summed E-state index contributed by atoms with van der Waals surface area (Å²) in [4.78, 5) is 27.7. The van der Waals surface area contributed by atoms with Gasteiger partial charge in [0.2, 0.25) is 5.91 Å². The number of thioether (sulfide) groups is 1. The fourth-order valence-electron chi connectivity index (χ4n) is 3.16. The molecule has 1 aromatic carbocycles. The Morgan fingerprint density at radius 3 is 2.47 bits per heavy atom. The molecule has 0 aliphatic carbocycles. The zero-order valence-electron chi connectivity index (χ0n) is 19.1. The van der Waals surface area contributed by atoms with Crippen LogP contribution in [0.25, 0.3) is 11.4 Å². The molecule has 8 nitrogen and oxygen atoms in total. The van der Waals surface area contributed by atoms with E-state index in [0.29, 0.717) is 22.3 Å². The minimum Gasteiger partial charge on any atom is -0.465 e. The van der Waals surface area contributed by atoms with Gasteiger partial charge in [-0.25, -0.2) is 4.79 Å². The summed E-state index contributed by atoms with van der Waals surface area (Å²) < 4.78 is 6.85. The zero-order chi connectivity index (χ0) is 23.4. The van der Waals surface area contributed by atoms with Crippen molar-refractivity contribution in [2.24, 2.45) is 0 Å². The van der Waals surface area contributed by atoms with Gasteiger partial charge in [-0.3, -0.25) is 4.79 Å². The third kappa shape index (κ3) is 4.97. The van der Waals surface area contributed by atoms with E-state index in [-0.39, 0.29) is 11.7 Å². The standard InChI is InChI=1S/C22H27N5O3S2/c1-7-27-19(15-8-10-16(11-9-15)26(4)5)24-25-22(27)31-12-17(28)23-20-18(21(29)30-6)13(2)14(3)32-20/h8-11H,7,12H2,1-6H3,(H,23,28). The lowest BCUT2D eigenvalue weighted by atomic mass is 10.1. The van der Waals surface area contributed by atoms with Gasteiger partial charge >= 0.3 is 5.97 Å². The van der Waals surface area contributed by atoms with Gasteiger partial charge in [-0.15, -0.1) is 21.5 Å². The summed E-state index contributed by atoms with van der Waals surface area (Å²) in [5.74, 6) is 0.237. The molecular formula is C22H27N5O3S2. The monoisotopic (exact) mass is 473 g/mol. The van der Waals surface area contributed by atoms with Gasteiger partial charge in [-0.1, -0.05) is 11.8 Å². The maximum Gasteiger partial charge on any atom is 0.341 e. The summed E-state index contributed by atoms with van der Waals surface area (Å²) in [5.41, 5.74) is 3.30. The predicted octanol–water partition coefficient (Wildman–Crippen LogP) is 4.23. The molecule has 0 bridgehead atoms. The molecule has 0 aliphatic heterocycles. The third-order valence-electron chi connectivity index (χ3n) is 5.04. The molecule has 170 valence electrons. The Morgan fingerprint density at radius 2 is 1.88 bits per heavy atom. The molecule has 0 saturated carbocycles. The Labute approximate surface area is 196 Å². The van der Waals surface area contributed by atoms with Crippen LogP contribution in [-0.2, 0) is 16.1 Å². The molecule has 2 aromatic heterocycles. The molecule has 0 atom stereocenters. The number of carbonyl (C=O) groups excluding carboxylic acids is 2. The van der Waals surface area contributed by atoms with Crippen LogP contribution in [-0.4, -0.2) is 53.6 Å². The second-order valence-corrected chi connectivity index (χ2v) is 9.47. The highest BCUT2D eigenvalue weighted by molar-refractivity contribution is 7.99. The summed E-state index contributed by atoms with van der Waals surface area (Å²) in [5, 5.41) is 12.7. The molecule has 1 amide bonds. The lowest BCUT2D eigenvalue weighted by Crippen LogP contribution is -2.16. The number of anilines is 2. The fourth-order valence-corrected chi connectivity index (χ4v) is 5.03. The SMILES string of the molecule is CCn1c(SCC(=O)Nc2sc(C)c(C)c2C(=O)OC)nnc1-c1ccc(N(C)C)cc1. The zero-order valence-corrected chi connectivity index (χ0v) is 20.7. The van der Waals surface area contributed by atoms with Gasteiger partial charge in [-0.05, 0) is 50.6 Å². The van der Waals surface area contributed by atoms with E-state index in [9.17, 15) is 9.59 Å². The number of aryl methyl sites for hydroxylation is 1. The van der Waals surface area contributed by atoms with Gasteiger partial charge in [0, 0.05) is 36.8 Å². The minimum absolute atomic E-state index is 0.147. The largest absolute Gasteiger partial charge is 0.465 e. The number of hydrogen-bond acceptors (Lipinski definition) is 8. The van der Waals surface area contributed by atoms with Crippen LogP contribution in [0.3, 0.4) is 0 Å². The van der Waals surface area contributed by atoms with Crippen molar-refractivity contribution in [1.29, 1.82) is 0 Å². The van der Waals surface area contributed by atoms with Crippen LogP contribution in [0.1, 0.15) is 27.7 Å². The number of amides is 1. The molecule has 2 heterocycles. The number of methoxy groups -OCH3 is 1. The smallest absolute Gasteiger partial charge is 0.341 e. The van der Waals surface area contributed by atoms with Crippen molar-refractivity contribution in [1.82, 2.24) is 14.8 Å². The van der Waals surface area contributed by atoms with Gasteiger partial charge in [0.1, 0.15) is 5.00 Å². The first-order chi connectivity index (χ1) is 15.3. The van der Waals surface area contributed by atoms with E-state index in [1.54, 1.807) is 0 Å². The van der Waals surface area contributed by atoms with E-state index in [0.717, 1.165) is 27.5 Å². The lowest BCUT2D eigenvalue weighted by Gasteiger charge is -2.13. The first kappa shape index (κ1) is 23.8. The molecule has 32 heavy (non-hydrogen) atoms. The number of nitrogens with one attached hydrogen (secondary N) is 1. The molecular weight excluding hydrogens is 446 g/mol. The van der Waals surface area contributed by atoms with Crippen molar-refractivity contribution < 1.29 is 14.3 Å². The second kappa shape index (κ2) is 10.2. The summed E-state index contributed by atoms with van der Waals surface area (Å²) >= 11 is 2.68. The van der Waals surface area contributed by atoms with Crippen molar-refractivity contribution in [2.45, 2.75) is 32.5 Å². The predicted molar refractivity (Wildman–Crippen MR) is 130 cm³/mol. The van der Waals surface area contributed by atoms with E-state index in [4.69, 9.17) is 4.74 Å². The van der Waals surface area contributed by atoms with Crippen LogP contribution < -0.4 is 10.2 Å². The molecule has 0 aliphatic rings. The maximum atomic E-state index is 12.6. The van der Waals surface area contributed by atoms with E-state index in [2.05, 4.69) is 15.5 Å². The molecule has 3 aromatic rings. The number of benzene rings is 1. The fraction of sp³-hybridized carbons (Fsp3) is 0.364. The second-order valence-electron chi connectivity index (χ2n) is 7.31. The van der Waals surface area contributed by atoms with E-state index >= 15 is 0 Å². The summed E-state index contributed by atoms with van der Waals surface area (Å²) in [6.07, 6.45) is 0. The van der Waals surface area contributed by atoms with Crippen LogP contribution in [0.15, 0.2) is 29.4 Å². The summed E-state index contributed by atoms with van der Waals surface area (Å²) in [6.45, 7) is 6.45. The highest BCUT2D eigenvalue weighted by Crippen LogP contribution is 2.33. The summed E-state index contributed by atoms with van der Waals surface area (Å²) in [7, 11) is 5.33. The van der Waals surface area contributed by atoms with Crippen LogP contribution in [0.2, 0.25) is 0 Å². The van der Waals surface area contributed by atoms with E-state index in [1.807, 2.05) is 68.6 Å².